The van der Waals surface area contributed by atoms with E-state index in [1.807, 2.05) is 12.1 Å². The van der Waals surface area contributed by atoms with Gasteiger partial charge < -0.3 is 5.32 Å². The van der Waals surface area contributed by atoms with Gasteiger partial charge in [-0.05, 0) is 59.8 Å². The fourth-order valence-corrected chi connectivity index (χ4v) is 3.66. The second kappa shape index (κ2) is 5.64. The molecule has 0 saturated carbocycles. The van der Waals surface area contributed by atoms with E-state index in [1.165, 1.54) is 0 Å². The van der Waals surface area contributed by atoms with Crippen molar-refractivity contribution >= 4 is 32.6 Å². The molecule has 0 atom stereocenters. The zero-order valence-electron chi connectivity index (χ0n) is 9.39. The lowest BCUT2D eigenvalue weighted by atomic mass is 10.4. The number of benzene rings is 1. The van der Waals surface area contributed by atoms with Crippen LogP contribution in [0.5, 0.6) is 0 Å². The van der Waals surface area contributed by atoms with Gasteiger partial charge in [0.15, 0.2) is 0 Å². The molecule has 0 aliphatic carbocycles. The average Bonchev–Trinajstić information content (AvgIpc) is 2.58. The van der Waals surface area contributed by atoms with Gasteiger partial charge in [-0.15, -0.1) is 0 Å². The molecule has 0 bridgehead atoms. The van der Waals surface area contributed by atoms with Crippen LogP contribution >= 0.6 is 22.6 Å². The highest BCUT2D eigenvalue weighted by atomic mass is 127. The van der Waals surface area contributed by atoms with Gasteiger partial charge in [0.2, 0.25) is 10.0 Å². The highest BCUT2D eigenvalue weighted by Crippen LogP contribution is 2.17. The molecule has 1 aliphatic rings. The Balaban J connectivity index is 2.25. The van der Waals surface area contributed by atoms with Crippen molar-refractivity contribution in [1.82, 2.24) is 9.62 Å². The molecule has 0 unspecified atom stereocenters. The summed E-state index contributed by atoms with van der Waals surface area (Å²) in [6.45, 7) is 2.76. The molecule has 6 heteroatoms. The van der Waals surface area contributed by atoms with Crippen molar-refractivity contribution in [2.45, 2.75) is 11.3 Å². The second-order valence-electron chi connectivity index (χ2n) is 3.96. The van der Waals surface area contributed by atoms with Crippen molar-refractivity contribution in [1.29, 1.82) is 0 Å². The van der Waals surface area contributed by atoms with Gasteiger partial charge in [-0.2, -0.15) is 4.31 Å². The molecular formula is C11H15IN2O2S. The van der Waals surface area contributed by atoms with Gasteiger partial charge in [0.25, 0.3) is 0 Å². The monoisotopic (exact) mass is 366 g/mol. The van der Waals surface area contributed by atoms with E-state index in [9.17, 15) is 8.42 Å². The van der Waals surface area contributed by atoms with E-state index in [0.717, 1.165) is 23.1 Å². The third kappa shape index (κ3) is 3.18. The van der Waals surface area contributed by atoms with Crippen molar-refractivity contribution in [3.63, 3.8) is 0 Å². The first-order valence-corrected chi connectivity index (χ1v) is 8.09. The van der Waals surface area contributed by atoms with E-state index in [4.69, 9.17) is 0 Å². The summed E-state index contributed by atoms with van der Waals surface area (Å²) < 4.78 is 27.3. The van der Waals surface area contributed by atoms with Gasteiger partial charge in [0.05, 0.1) is 4.90 Å². The number of hydrogen-bond acceptors (Lipinski definition) is 3. The summed E-state index contributed by atoms with van der Waals surface area (Å²) in [5.41, 5.74) is 0. The smallest absolute Gasteiger partial charge is 0.243 e. The molecule has 2 rings (SSSR count). The minimum atomic E-state index is -3.31. The van der Waals surface area contributed by atoms with E-state index in [1.54, 1.807) is 16.4 Å². The van der Waals surface area contributed by atoms with Gasteiger partial charge in [0.1, 0.15) is 0 Å². The van der Waals surface area contributed by atoms with Crippen molar-refractivity contribution in [3.8, 4) is 0 Å². The van der Waals surface area contributed by atoms with Gasteiger partial charge in [0, 0.05) is 23.2 Å². The summed E-state index contributed by atoms with van der Waals surface area (Å²) in [4.78, 5) is 0.389. The summed E-state index contributed by atoms with van der Waals surface area (Å²) >= 11 is 2.17. The maximum Gasteiger partial charge on any atom is 0.243 e. The summed E-state index contributed by atoms with van der Waals surface area (Å²) in [5, 5.41) is 3.20. The van der Waals surface area contributed by atoms with Crippen LogP contribution in [0.1, 0.15) is 6.42 Å². The molecule has 1 fully saturated rings. The van der Waals surface area contributed by atoms with E-state index >= 15 is 0 Å². The number of halogens is 1. The molecule has 17 heavy (non-hydrogen) atoms. The summed E-state index contributed by atoms with van der Waals surface area (Å²) in [6.07, 6.45) is 0.865. The van der Waals surface area contributed by atoms with Crippen molar-refractivity contribution in [3.05, 3.63) is 27.8 Å². The lowest BCUT2D eigenvalue weighted by molar-refractivity contribution is 0.432. The standard InChI is InChI=1S/C11H15IN2O2S/c12-10-2-4-11(5-3-10)17(15,16)14-8-1-6-13-7-9-14/h2-5,13H,1,6-9H2. The first-order chi connectivity index (χ1) is 8.10. The highest BCUT2D eigenvalue weighted by molar-refractivity contribution is 14.1. The summed E-state index contributed by atoms with van der Waals surface area (Å²) in [6, 6.07) is 7.00. The fraction of sp³-hybridized carbons (Fsp3) is 0.455. The van der Waals surface area contributed by atoms with Crippen LogP contribution in [-0.4, -0.2) is 38.9 Å². The molecular weight excluding hydrogens is 351 g/mol. The lowest BCUT2D eigenvalue weighted by Gasteiger charge is -2.19. The highest BCUT2D eigenvalue weighted by Gasteiger charge is 2.24. The van der Waals surface area contributed by atoms with E-state index < -0.39 is 10.0 Å². The Morgan fingerprint density at radius 1 is 1.12 bits per heavy atom. The van der Waals surface area contributed by atoms with E-state index in [-0.39, 0.29) is 0 Å². The van der Waals surface area contributed by atoms with Crippen LogP contribution in [0, 0.1) is 3.57 Å². The number of nitrogens with zero attached hydrogens (tertiary/aromatic N) is 1. The largest absolute Gasteiger partial charge is 0.315 e. The SMILES string of the molecule is O=S(=O)(c1ccc(I)cc1)N1CCCNCC1. The molecule has 0 spiro atoms. The predicted molar refractivity (Wildman–Crippen MR) is 75.4 cm³/mol. The van der Waals surface area contributed by atoms with Gasteiger partial charge in [-0.3, -0.25) is 0 Å². The fourth-order valence-electron chi connectivity index (χ4n) is 1.82. The minimum absolute atomic E-state index is 0.389. The van der Waals surface area contributed by atoms with Crippen LogP contribution in [0.3, 0.4) is 0 Å². The Labute approximate surface area is 116 Å². The molecule has 0 amide bonds. The molecule has 94 valence electrons. The van der Waals surface area contributed by atoms with Crippen molar-refractivity contribution < 1.29 is 8.42 Å². The normalized spacial score (nSPS) is 18.9. The Morgan fingerprint density at radius 3 is 2.53 bits per heavy atom. The first kappa shape index (κ1) is 13.3. The molecule has 1 aromatic carbocycles. The molecule has 1 aliphatic heterocycles. The van der Waals surface area contributed by atoms with Crippen LogP contribution in [0.2, 0.25) is 0 Å². The Kier molecular flexibility index (Phi) is 4.40. The third-order valence-corrected chi connectivity index (χ3v) is 5.38. The lowest BCUT2D eigenvalue weighted by Crippen LogP contribution is -2.34. The summed E-state index contributed by atoms with van der Waals surface area (Å²) in [7, 11) is -3.31. The Bertz CT molecular complexity index is 465. The Morgan fingerprint density at radius 2 is 1.82 bits per heavy atom. The zero-order chi connectivity index (χ0) is 12.3. The molecule has 1 N–H and O–H groups in total. The van der Waals surface area contributed by atoms with E-state index in [2.05, 4.69) is 27.9 Å². The maximum absolute atomic E-state index is 12.3. The predicted octanol–water partition coefficient (Wildman–Crippen LogP) is 1.28. The van der Waals surface area contributed by atoms with Crippen LogP contribution in [0.4, 0.5) is 0 Å². The summed E-state index contributed by atoms with van der Waals surface area (Å²) in [5.74, 6) is 0. The quantitative estimate of drug-likeness (QED) is 0.803. The van der Waals surface area contributed by atoms with Crippen LogP contribution in [-0.2, 0) is 10.0 Å². The molecule has 1 heterocycles. The average molecular weight is 366 g/mol. The molecule has 0 aromatic heterocycles. The topological polar surface area (TPSA) is 49.4 Å². The minimum Gasteiger partial charge on any atom is -0.315 e. The number of sulfonamides is 1. The first-order valence-electron chi connectivity index (χ1n) is 5.57. The van der Waals surface area contributed by atoms with Crippen LogP contribution in [0.15, 0.2) is 29.2 Å². The molecule has 1 saturated heterocycles. The van der Waals surface area contributed by atoms with Crippen molar-refractivity contribution in [2.75, 3.05) is 26.2 Å². The van der Waals surface area contributed by atoms with Gasteiger partial charge in [-0.25, -0.2) is 8.42 Å². The van der Waals surface area contributed by atoms with Crippen LogP contribution in [0.25, 0.3) is 0 Å². The van der Waals surface area contributed by atoms with Crippen LogP contribution < -0.4 is 5.32 Å². The Hall–Kier alpha value is -0.180. The third-order valence-electron chi connectivity index (χ3n) is 2.75. The maximum atomic E-state index is 12.3. The van der Waals surface area contributed by atoms with Gasteiger partial charge in [-0.1, -0.05) is 0 Å². The second-order valence-corrected chi connectivity index (χ2v) is 7.15. The zero-order valence-corrected chi connectivity index (χ0v) is 12.4. The molecule has 4 nitrogen and oxygen atoms in total. The van der Waals surface area contributed by atoms with Gasteiger partial charge >= 0.3 is 0 Å². The van der Waals surface area contributed by atoms with Crippen molar-refractivity contribution in [2.24, 2.45) is 0 Å². The molecule has 1 aromatic rings. The van der Waals surface area contributed by atoms with E-state index in [0.29, 0.717) is 18.0 Å². The number of nitrogens with one attached hydrogen (secondary N) is 1. The number of rotatable bonds is 2. The molecule has 0 radical (unpaired) electrons. The number of hydrogen-bond donors (Lipinski definition) is 1.